The summed E-state index contributed by atoms with van der Waals surface area (Å²) >= 11 is 0. The fourth-order valence-electron chi connectivity index (χ4n) is 1.72. The van der Waals surface area contributed by atoms with Crippen molar-refractivity contribution in [1.82, 2.24) is 4.90 Å². The third-order valence-electron chi connectivity index (χ3n) is 2.70. The highest BCUT2D eigenvalue weighted by atomic mass is 16.3. The Morgan fingerprint density at radius 2 is 1.92 bits per heavy atom. The Morgan fingerprint density at radius 1 is 1.25 bits per heavy atom. The average Bonchev–Trinajstić information content (AvgIpc) is 2.16. The predicted molar refractivity (Wildman–Crippen MR) is 51.2 cm³/mol. The fraction of sp³-hybridized carbons (Fsp3) is 1.00. The lowest BCUT2D eigenvalue weighted by Gasteiger charge is -2.26. The Morgan fingerprint density at radius 3 is 2.50 bits per heavy atom. The van der Waals surface area contributed by atoms with Crippen molar-refractivity contribution in [3.8, 4) is 0 Å². The van der Waals surface area contributed by atoms with E-state index in [2.05, 4.69) is 4.90 Å². The number of piperidine rings is 1. The summed E-state index contributed by atoms with van der Waals surface area (Å²) in [5.41, 5.74) is 0. The normalized spacial score (nSPS) is 22.5. The van der Waals surface area contributed by atoms with Gasteiger partial charge in [-0.2, -0.15) is 0 Å². The van der Waals surface area contributed by atoms with Crippen molar-refractivity contribution in [3.05, 3.63) is 0 Å². The summed E-state index contributed by atoms with van der Waals surface area (Å²) in [4.78, 5) is 2.47. The molecule has 0 bridgehead atoms. The molecule has 0 amide bonds. The van der Waals surface area contributed by atoms with E-state index < -0.39 is 0 Å². The van der Waals surface area contributed by atoms with Crippen molar-refractivity contribution in [2.24, 2.45) is 0 Å². The first-order valence-corrected chi connectivity index (χ1v) is 5.23. The first-order chi connectivity index (χ1) is 5.83. The predicted octanol–water partition coefficient (Wildman–Crippen LogP) is 1.63. The summed E-state index contributed by atoms with van der Waals surface area (Å²) in [5, 5.41) is 9.36. The van der Waals surface area contributed by atoms with E-state index in [1.54, 1.807) is 0 Å². The summed E-state index contributed by atoms with van der Waals surface area (Å²) in [6, 6.07) is 0. The maximum atomic E-state index is 9.36. The largest absolute Gasteiger partial charge is 0.393 e. The van der Waals surface area contributed by atoms with E-state index in [1.165, 1.54) is 32.4 Å². The molecular weight excluding hydrogens is 150 g/mol. The van der Waals surface area contributed by atoms with Crippen LogP contribution in [0.5, 0.6) is 0 Å². The third-order valence-corrected chi connectivity index (χ3v) is 2.70. The van der Waals surface area contributed by atoms with Crippen LogP contribution in [0, 0.1) is 0 Å². The second-order valence-electron chi connectivity index (χ2n) is 3.75. The molecule has 1 aliphatic rings. The van der Waals surface area contributed by atoms with Crippen LogP contribution in [0.25, 0.3) is 0 Å². The minimum absolute atomic E-state index is 0.0769. The number of hydrogen-bond acceptors (Lipinski definition) is 2. The highest BCUT2D eigenvalue weighted by molar-refractivity contribution is 4.66. The van der Waals surface area contributed by atoms with E-state index in [0.29, 0.717) is 0 Å². The minimum atomic E-state index is -0.0769. The average molecular weight is 171 g/mol. The van der Waals surface area contributed by atoms with Crippen LogP contribution in [0.1, 0.15) is 39.0 Å². The van der Waals surface area contributed by atoms with Gasteiger partial charge in [-0.05, 0) is 38.8 Å². The summed E-state index contributed by atoms with van der Waals surface area (Å²) in [6.07, 6.45) is 5.87. The molecule has 12 heavy (non-hydrogen) atoms. The first-order valence-electron chi connectivity index (χ1n) is 5.23. The highest BCUT2D eigenvalue weighted by Gasteiger charge is 2.10. The molecule has 2 nitrogen and oxygen atoms in total. The van der Waals surface area contributed by atoms with Gasteiger partial charge in [0.15, 0.2) is 0 Å². The van der Waals surface area contributed by atoms with Gasteiger partial charge in [-0.1, -0.05) is 13.3 Å². The van der Waals surface area contributed by atoms with Gasteiger partial charge in [-0.15, -0.1) is 0 Å². The molecule has 1 saturated heterocycles. The highest BCUT2D eigenvalue weighted by Crippen LogP contribution is 2.09. The van der Waals surface area contributed by atoms with Crippen LogP contribution in [-0.2, 0) is 0 Å². The molecule has 1 atom stereocenters. The molecular formula is C10H21NO. The summed E-state index contributed by atoms with van der Waals surface area (Å²) in [7, 11) is 0. The third kappa shape index (κ3) is 3.55. The maximum absolute atomic E-state index is 9.36. The van der Waals surface area contributed by atoms with Crippen molar-refractivity contribution in [3.63, 3.8) is 0 Å². The van der Waals surface area contributed by atoms with Gasteiger partial charge >= 0.3 is 0 Å². The molecule has 0 aromatic carbocycles. The summed E-state index contributed by atoms with van der Waals surface area (Å²) in [6.45, 7) is 5.63. The molecule has 1 fully saturated rings. The van der Waals surface area contributed by atoms with Crippen molar-refractivity contribution >= 4 is 0 Å². The number of hydrogen-bond donors (Lipinski definition) is 1. The standard InChI is InChI=1S/C10H21NO/c1-2-10(12)6-9-11-7-4-3-5-8-11/h10,12H,2-9H2,1H3. The Hall–Kier alpha value is -0.0800. The van der Waals surface area contributed by atoms with E-state index in [-0.39, 0.29) is 6.10 Å². The van der Waals surface area contributed by atoms with Crippen molar-refractivity contribution in [2.45, 2.75) is 45.1 Å². The number of aliphatic hydroxyl groups is 1. The Balaban J connectivity index is 2.05. The van der Waals surface area contributed by atoms with Crippen molar-refractivity contribution < 1.29 is 5.11 Å². The monoisotopic (exact) mass is 171 g/mol. The van der Waals surface area contributed by atoms with Crippen molar-refractivity contribution in [2.75, 3.05) is 19.6 Å². The smallest absolute Gasteiger partial charge is 0.0549 e. The van der Waals surface area contributed by atoms with E-state index in [0.717, 1.165) is 19.4 Å². The number of nitrogens with zero attached hydrogens (tertiary/aromatic N) is 1. The topological polar surface area (TPSA) is 23.5 Å². The van der Waals surface area contributed by atoms with Gasteiger partial charge in [0, 0.05) is 6.54 Å². The minimum Gasteiger partial charge on any atom is -0.393 e. The second kappa shape index (κ2) is 5.55. The van der Waals surface area contributed by atoms with Crippen LogP contribution in [0.15, 0.2) is 0 Å². The maximum Gasteiger partial charge on any atom is 0.0549 e. The Labute approximate surface area is 75.6 Å². The Bertz CT molecular complexity index is 110. The van der Waals surface area contributed by atoms with Gasteiger partial charge in [-0.3, -0.25) is 0 Å². The molecule has 0 aliphatic carbocycles. The molecule has 2 heteroatoms. The molecule has 1 aliphatic heterocycles. The molecule has 1 unspecified atom stereocenters. The van der Waals surface area contributed by atoms with Crippen LogP contribution >= 0.6 is 0 Å². The lowest BCUT2D eigenvalue weighted by Crippen LogP contribution is -2.32. The first kappa shape index (κ1) is 10.0. The molecule has 1 N–H and O–H groups in total. The summed E-state index contributed by atoms with van der Waals surface area (Å²) in [5.74, 6) is 0. The quantitative estimate of drug-likeness (QED) is 0.695. The number of aliphatic hydroxyl groups excluding tert-OH is 1. The molecule has 0 aromatic rings. The van der Waals surface area contributed by atoms with Crippen LogP contribution in [0.4, 0.5) is 0 Å². The van der Waals surface area contributed by atoms with E-state index >= 15 is 0 Å². The van der Waals surface area contributed by atoms with Crippen LogP contribution < -0.4 is 0 Å². The second-order valence-corrected chi connectivity index (χ2v) is 3.75. The molecule has 0 aromatic heterocycles. The van der Waals surface area contributed by atoms with E-state index in [1.807, 2.05) is 6.92 Å². The zero-order chi connectivity index (χ0) is 8.81. The summed E-state index contributed by atoms with van der Waals surface area (Å²) < 4.78 is 0. The molecule has 72 valence electrons. The van der Waals surface area contributed by atoms with E-state index in [4.69, 9.17) is 0 Å². The molecule has 1 rings (SSSR count). The molecule has 0 saturated carbocycles. The lowest BCUT2D eigenvalue weighted by atomic mass is 10.1. The zero-order valence-corrected chi connectivity index (χ0v) is 8.13. The molecule has 0 radical (unpaired) electrons. The SMILES string of the molecule is CCC(O)CCN1CCCCC1. The van der Waals surface area contributed by atoms with Crippen LogP contribution in [0.3, 0.4) is 0 Å². The van der Waals surface area contributed by atoms with Gasteiger partial charge in [0.05, 0.1) is 6.10 Å². The molecule has 1 heterocycles. The van der Waals surface area contributed by atoms with Gasteiger partial charge in [-0.25, -0.2) is 0 Å². The number of rotatable bonds is 4. The number of likely N-dealkylation sites (tertiary alicyclic amines) is 1. The van der Waals surface area contributed by atoms with Gasteiger partial charge < -0.3 is 10.0 Å². The molecule has 0 spiro atoms. The zero-order valence-electron chi connectivity index (χ0n) is 8.13. The van der Waals surface area contributed by atoms with Crippen LogP contribution in [0.2, 0.25) is 0 Å². The fourth-order valence-corrected chi connectivity index (χ4v) is 1.72. The van der Waals surface area contributed by atoms with Crippen molar-refractivity contribution in [1.29, 1.82) is 0 Å². The lowest BCUT2D eigenvalue weighted by molar-refractivity contribution is 0.129. The van der Waals surface area contributed by atoms with Crippen LogP contribution in [-0.4, -0.2) is 35.7 Å². The van der Waals surface area contributed by atoms with E-state index in [9.17, 15) is 5.11 Å². The van der Waals surface area contributed by atoms with Gasteiger partial charge in [0.25, 0.3) is 0 Å². The Kier molecular flexibility index (Phi) is 4.62. The van der Waals surface area contributed by atoms with Gasteiger partial charge in [0.2, 0.25) is 0 Å². The van der Waals surface area contributed by atoms with Gasteiger partial charge in [0.1, 0.15) is 0 Å².